The fourth-order valence-electron chi connectivity index (χ4n) is 1.21. The molecule has 0 saturated carbocycles. The van der Waals surface area contributed by atoms with E-state index in [1.54, 1.807) is 6.92 Å². The van der Waals surface area contributed by atoms with Crippen molar-refractivity contribution in [3.05, 3.63) is 34.6 Å². The molecule has 1 aromatic heterocycles. The van der Waals surface area contributed by atoms with Crippen LogP contribution in [-0.2, 0) is 0 Å². The summed E-state index contributed by atoms with van der Waals surface area (Å²) in [4.78, 5) is 12.1. The minimum absolute atomic E-state index is 0.262. The Balaban J connectivity index is 2.19. The van der Waals surface area contributed by atoms with Gasteiger partial charge in [0, 0.05) is 11.8 Å². The smallest absolute Gasteiger partial charge is 0.269 e. The van der Waals surface area contributed by atoms with Gasteiger partial charge in [0.25, 0.3) is 5.91 Å². The molecule has 0 aliphatic rings. The van der Waals surface area contributed by atoms with E-state index in [4.69, 9.17) is 5.11 Å². The van der Waals surface area contributed by atoms with E-state index in [1.165, 1.54) is 12.1 Å². The SMILES string of the molecule is Cc1nnsc1C(=O)Nc1ccc(O)c(F)c1. The zero-order valence-electron chi connectivity index (χ0n) is 8.77. The van der Waals surface area contributed by atoms with Crippen LogP contribution in [0.15, 0.2) is 18.2 Å². The van der Waals surface area contributed by atoms with Crippen molar-refractivity contribution < 1.29 is 14.3 Å². The summed E-state index contributed by atoms with van der Waals surface area (Å²) in [5, 5.41) is 15.2. The standard InChI is InChI=1S/C10H8FN3O2S/c1-5-9(17-14-13-5)10(16)12-6-2-3-8(15)7(11)4-6/h2-4,15H,1H3,(H,12,16). The lowest BCUT2D eigenvalue weighted by atomic mass is 10.3. The molecule has 0 spiro atoms. The van der Waals surface area contributed by atoms with Gasteiger partial charge in [0.15, 0.2) is 11.6 Å². The highest BCUT2D eigenvalue weighted by Gasteiger charge is 2.13. The highest BCUT2D eigenvalue weighted by atomic mass is 32.1. The first kappa shape index (κ1) is 11.5. The van der Waals surface area contributed by atoms with Crippen LogP contribution in [0.25, 0.3) is 0 Å². The number of amides is 1. The van der Waals surface area contributed by atoms with Crippen molar-refractivity contribution in [3.63, 3.8) is 0 Å². The number of phenols is 1. The molecule has 1 heterocycles. The fourth-order valence-corrected chi connectivity index (χ4v) is 1.76. The van der Waals surface area contributed by atoms with Crippen molar-refractivity contribution in [3.8, 4) is 5.75 Å². The number of nitrogens with one attached hydrogen (secondary N) is 1. The van der Waals surface area contributed by atoms with Gasteiger partial charge in [0.2, 0.25) is 0 Å². The van der Waals surface area contributed by atoms with Crippen LogP contribution in [0.4, 0.5) is 10.1 Å². The Morgan fingerprint density at radius 3 is 2.88 bits per heavy atom. The molecule has 1 aromatic carbocycles. The number of aromatic nitrogens is 2. The highest BCUT2D eigenvalue weighted by Crippen LogP contribution is 2.20. The number of phenolic OH excluding ortho intramolecular Hbond substituents is 1. The Morgan fingerprint density at radius 1 is 1.53 bits per heavy atom. The third kappa shape index (κ3) is 2.39. The second kappa shape index (κ2) is 4.46. The van der Waals surface area contributed by atoms with E-state index < -0.39 is 17.5 Å². The van der Waals surface area contributed by atoms with E-state index in [0.717, 1.165) is 17.6 Å². The van der Waals surface area contributed by atoms with E-state index in [2.05, 4.69) is 14.9 Å². The lowest BCUT2D eigenvalue weighted by molar-refractivity contribution is 0.103. The summed E-state index contributed by atoms with van der Waals surface area (Å²) in [5.41, 5.74) is 0.782. The summed E-state index contributed by atoms with van der Waals surface area (Å²) in [5.74, 6) is -1.65. The Labute approximate surface area is 100 Å². The van der Waals surface area contributed by atoms with Gasteiger partial charge in [-0.05, 0) is 30.6 Å². The molecule has 0 bridgehead atoms. The van der Waals surface area contributed by atoms with Crippen LogP contribution in [0.5, 0.6) is 5.75 Å². The summed E-state index contributed by atoms with van der Waals surface area (Å²) in [7, 11) is 0. The van der Waals surface area contributed by atoms with Crippen LogP contribution >= 0.6 is 11.5 Å². The number of hydrogen-bond acceptors (Lipinski definition) is 5. The zero-order chi connectivity index (χ0) is 12.4. The highest BCUT2D eigenvalue weighted by molar-refractivity contribution is 7.08. The fraction of sp³-hybridized carbons (Fsp3) is 0.100. The number of hydrogen-bond donors (Lipinski definition) is 2. The van der Waals surface area contributed by atoms with Crippen molar-refractivity contribution in [1.29, 1.82) is 0 Å². The molecule has 2 aromatic rings. The van der Waals surface area contributed by atoms with Gasteiger partial charge in [-0.15, -0.1) is 5.10 Å². The first-order valence-electron chi connectivity index (χ1n) is 4.67. The quantitative estimate of drug-likeness (QED) is 0.802. The lowest BCUT2D eigenvalue weighted by Gasteiger charge is -2.04. The number of aromatic hydroxyl groups is 1. The van der Waals surface area contributed by atoms with Crippen molar-refractivity contribution in [2.24, 2.45) is 0 Å². The Morgan fingerprint density at radius 2 is 2.29 bits per heavy atom. The monoisotopic (exact) mass is 253 g/mol. The number of carbonyl (C=O) groups excluding carboxylic acids is 1. The van der Waals surface area contributed by atoms with Crippen LogP contribution in [0, 0.1) is 12.7 Å². The summed E-state index contributed by atoms with van der Waals surface area (Å²) in [6, 6.07) is 3.61. The van der Waals surface area contributed by atoms with Crippen LogP contribution < -0.4 is 5.32 Å². The zero-order valence-corrected chi connectivity index (χ0v) is 9.58. The van der Waals surface area contributed by atoms with E-state index in [0.29, 0.717) is 10.6 Å². The van der Waals surface area contributed by atoms with Crippen molar-refractivity contribution in [2.45, 2.75) is 6.92 Å². The topological polar surface area (TPSA) is 75.1 Å². The minimum Gasteiger partial charge on any atom is -0.505 e. The average molecular weight is 253 g/mol. The normalized spacial score (nSPS) is 10.2. The molecule has 88 valence electrons. The number of anilines is 1. The van der Waals surface area contributed by atoms with Crippen molar-refractivity contribution >= 4 is 23.1 Å². The van der Waals surface area contributed by atoms with E-state index in [-0.39, 0.29) is 5.69 Å². The van der Waals surface area contributed by atoms with Gasteiger partial charge < -0.3 is 10.4 Å². The molecule has 7 heteroatoms. The van der Waals surface area contributed by atoms with E-state index in [9.17, 15) is 9.18 Å². The maximum Gasteiger partial charge on any atom is 0.269 e. The molecule has 17 heavy (non-hydrogen) atoms. The molecule has 1 amide bonds. The second-order valence-electron chi connectivity index (χ2n) is 3.31. The molecule has 0 atom stereocenters. The largest absolute Gasteiger partial charge is 0.505 e. The molecule has 0 aliphatic carbocycles. The molecule has 0 radical (unpaired) electrons. The lowest BCUT2D eigenvalue weighted by Crippen LogP contribution is -2.11. The summed E-state index contributed by atoms with van der Waals surface area (Å²) < 4.78 is 16.7. The van der Waals surface area contributed by atoms with Gasteiger partial charge in [-0.3, -0.25) is 4.79 Å². The third-order valence-electron chi connectivity index (χ3n) is 2.06. The number of carbonyl (C=O) groups is 1. The number of rotatable bonds is 2. The van der Waals surface area contributed by atoms with Gasteiger partial charge in [-0.2, -0.15) is 0 Å². The van der Waals surface area contributed by atoms with Crippen LogP contribution in [0.1, 0.15) is 15.4 Å². The van der Waals surface area contributed by atoms with Crippen molar-refractivity contribution in [2.75, 3.05) is 5.32 Å². The maximum absolute atomic E-state index is 13.0. The Kier molecular flexibility index (Phi) is 3.01. The molecule has 0 unspecified atom stereocenters. The molecule has 2 rings (SSSR count). The van der Waals surface area contributed by atoms with Gasteiger partial charge >= 0.3 is 0 Å². The van der Waals surface area contributed by atoms with Crippen LogP contribution in [0.2, 0.25) is 0 Å². The molecular formula is C10H8FN3O2S. The Bertz CT molecular complexity index is 570. The average Bonchev–Trinajstić information content (AvgIpc) is 2.70. The molecular weight excluding hydrogens is 245 g/mol. The minimum atomic E-state index is -0.790. The van der Waals surface area contributed by atoms with Crippen LogP contribution in [-0.4, -0.2) is 20.6 Å². The number of aryl methyl sites for hydroxylation is 1. The molecule has 5 nitrogen and oxygen atoms in total. The first-order valence-corrected chi connectivity index (χ1v) is 5.44. The van der Waals surface area contributed by atoms with E-state index >= 15 is 0 Å². The Hall–Kier alpha value is -2.02. The number of nitrogens with zero attached hydrogens (tertiary/aromatic N) is 2. The number of benzene rings is 1. The molecule has 0 aliphatic heterocycles. The number of halogens is 1. The molecule has 2 N–H and O–H groups in total. The molecule has 0 fully saturated rings. The predicted molar refractivity (Wildman–Crippen MR) is 60.7 cm³/mol. The summed E-state index contributed by atoms with van der Waals surface area (Å²) >= 11 is 0.968. The van der Waals surface area contributed by atoms with Gasteiger partial charge in [0.05, 0.1) is 5.69 Å². The van der Waals surface area contributed by atoms with Crippen molar-refractivity contribution in [1.82, 2.24) is 9.59 Å². The third-order valence-corrected chi connectivity index (χ3v) is 2.89. The van der Waals surface area contributed by atoms with Gasteiger partial charge in [-0.25, -0.2) is 4.39 Å². The molecule has 0 saturated heterocycles. The van der Waals surface area contributed by atoms with Gasteiger partial charge in [0.1, 0.15) is 4.88 Å². The van der Waals surface area contributed by atoms with Crippen LogP contribution in [0.3, 0.4) is 0 Å². The van der Waals surface area contributed by atoms with E-state index in [1.807, 2.05) is 0 Å². The summed E-state index contributed by atoms with van der Waals surface area (Å²) in [6.45, 7) is 1.66. The maximum atomic E-state index is 13.0. The second-order valence-corrected chi connectivity index (χ2v) is 4.06. The summed E-state index contributed by atoms with van der Waals surface area (Å²) in [6.07, 6.45) is 0. The predicted octanol–water partition coefficient (Wildman–Crippen LogP) is 1.94. The first-order chi connectivity index (χ1) is 8.08. The van der Waals surface area contributed by atoms with Gasteiger partial charge in [-0.1, -0.05) is 4.49 Å².